The van der Waals surface area contributed by atoms with Crippen LogP contribution in [0.25, 0.3) is 0 Å². The molecule has 6 nitrogen and oxygen atoms in total. The Morgan fingerprint density at radius 1 is 0.893 bits per heavy atom. The van der Waals surface area contributed by atoms with Gasteiger partial charge in [0.25, 0.3) is 15.9 Å². The number of anilines is 2. The zero-order valence-corrected chi connectivity index (χ0v) is 16.2. The topological polar surface area (TPSA) is 95.5 Å². The number of phenols is 1. The molecular weight excluding hydrogens is 376 g/mol. The molecule has 28 heavy (non-hydrogen) atoms. The summed E-state index contributed by atoms with van der Waals surface area (Å²) in [7, 11) is -3.76. The fourth-order valence-corrected chi connectivity index (χ4v) is 3.65. The van der Waals surface area contributed by atoms with E-state index in [4.69, 9.17) is 0 Å². The summed E-state index contributed by atoms with van der Waals surface area (Å²) in [6, 6.07) is 17.5. The Morgan fingerprint density at radius 2 is 1.57 bits per heavy atom. The number of hydrogen-bond donors (Lipinski definition) is 3. The van der Waals surface area contributed by atoms with Crippen molar-refractivity contribution in [3.63, 3.8) is 0 Å². The van der Waals surface area contributed by atoms with Gasteiger partial charge in [0, 0.05) is 11.3 Å². The molecule has 0 aliphatic heterocycles. The van der Waals surface area contributed by atoms with E-state index in [9.17, 15) is 18.3 Å². The Hall–Kier alpha value is -3.32. The summed E-state index contributed by atoms with van der Waals surface area (Å²) in [5, 5.41) is 12.5. The van der Waals surface area contributed by atoms with E-state index in [2.05, 4.69) is 10.0 Å². The molecule has 3 aromatic rings. The number of aryl methyl sites for hydroxylation is 2. The number of benzene rings is 3. The molecule has 0 saturated heterocycles. The SMILES string of the molecule is Cc1ccc(S(=O)(=O)Nc2cccc(C(=O)Nc3ccc(C)cc3O)c2)cc1. The van der Waals surface area contributed by atoms with E-state index < -0.39 is 15.9 Å². The minimum atomic E-state index is -3.76. The highest BCUT2D eigenvalue weighted by Gasteiger charge is 2.15. The normalized spacial score (nSPS) is 11.1. The number of phenolic OH excluding ortho intramolecular Hbond substituents is 1. The van der Waals surface area contributed by atoms with Crippen LogP contribution in [0, 0.1) is 13.8 Å². The van der Waals surface area contributed by atoms with Gasteiger partial charge in [0.2, 0.25) is 0 Å². The molecule has 1 amide bonds. The van der Waals surface area contributed by atoms with Crippen LogP contribution in [0.5, 0.6) is 5.75 Å². The Bertz CT molecular complexity index is 1120. The second-order valence-electron chi connectivity index (χ2n) is 6.47. The van der Waals surface area contributed by atoms with Crippen molar-refractivity contribution in [2.75, 3.05) is 10.0 Å². The van der Waals surface area contributed by atoms with Gasteiger partial charge >= 0.3 is 0 Å². The number of rotatable bonds is 5. The predicted octanol–water partition coefficient (Wildman–Crippen LogP) is 4.06. The number of hydrogen-bond acceptors (Lipinski definition) is 4. The van der Waals surface area contributed by atoms with Gasteiger partial charge in [0.1, 0.15) is 5.75 Å². The predicted molar refractivity (Wildman–Crippen MR) is 109 cm³/mol. The maximum absolute atomic E-state index is 12.5. The first-order valence-electron chi connectivity index (χ1n) is 8.55. The molecule has 3 N–H and O–H groups in total. The molecule has 0 spiro atoms. The fourth-order valence-electron chi connectivity index (χ4n) is 2.60. The Labute approximate surface area is 163 Å². The molecule has 0 aliphatic rings. The van der Waals surface area contributed by atoms with E-state index in [0.717, 1.165) is 11.1 Å². The zero-order valence-electron chi connectivity index (χ0n) is 15.4. The molecule has 0 bridgehead atoms. The van der Waals surface area contributed by atoms with Crippen LogP contribution in [0.15, 0.2) is 71.6 Å². The zero-order chi connectivity index (χ0) is 20.3. The van der Waals surface area contributed by atoms with Gasteiger partial charge in [-0.15, -0.1) is 0 Å². The van der Waals surface area contributed by atoms with E-state index >= 15 is 0 Å². The largest absolute Gasteiger partial charge is 0.506 e. The van der Waals surface area contributed by atoms with Gasteiger partial charge in [-0.2, -0.15) is 0 Å². The maximum Gasteiger partial charge on any atom is 0.261 e. The van der Waals surface area contributed by atoms with E-state index in [0.29, 0.717) is 0 Å². The van der Waals surface area contributed by atoms with Crippen LogP contribution in [-0.4, -0.2) is 19.4 Å². The van der Waals surface area contributed by atoms with Gasteiger partial charge in [-0.05, 0) is 61.9 Å². The van der Waals surface area contributed by atoms with Crippen molar-refractivity contribution in [1.29, 1.82) is 0 Å². The lowest BCUT2D eigenvalue weighted by Crippen LogP contribution is -2.15. The quantitative estimate of drug-likeness (QED) is 0.567. The Morgan fingerprint density at radius 3 is 2.25 bits per heavy atom. The van der Waals surface area contributed by atoms with Crippen LogP contribution in [0.2, 0.25) is 0 Å². The van der Waals surface area contributed by atoms with Crippen molar-refractivity contribution in [1.82, 2.24) is 0 Å². The van der Waals surface area contributed by atoms with Crippen molar-refractivity contribution in [3.8, 4) is 5.75 Å². The first kappa shape index (κ1) is 19.4. The van der Waals surface area contributed by atoms with Crippen molar-refractivity contribution < 1.29 is 18.3 Å². The molecule has 0 saturated carbocycles. The van der Waals surface area contributed by atoms with Crippen molar-refractivity contribution in [3.05, 3.63) is 83.4 Å². The molecule has 0 aliphatic carbocycles. The minimum Gasteiger partial charge on any atom is -0.506 e. The first-order valence-corrected chi connectivity index (χ1v) is 10.0. The van der Waals surface area contributed by atoms with Gasteiger partial charge in [-0.3, -0.25) is 9.52 Å². The van der Waals surface area contributed by atoms with Crippen LogP contribution in [0.1, 0.15) is 21.5 Å². The van der Waals surface area contributed by atoms with Crippen LogP contribution >= 0.6 is 0 Å². The molecule has 0 fully saturated rings. The minimum absolute atomic E-state index is 0.0374. The smallest absolute Gasteiger partial charge is 0.261 e. The molecule has 0 unspecified atom stereocenters. The van der Waals surface area contributed by atoms with E-state index in [1.807, 2.05) is 13.8 Å². The fraction of sp³-hybridized carbons (Fsp3) is 0.0952. The molecule has 144 valence electrons. The number of carbonyl (C=O) groups excluding carboxylic acids is 1. The number of aromatic hydroxyl groups is 1. The Kier molecular flexibility index (Phi) is 5.37. The van der Waals surface area contributed by atoms with Gasteiger partial charge in [0.05, 0.1) is 10.6 Å². The highest BCUT2D eigenvalue weighted by Crippen LogP contribution is 2.25. The van der Waals surface area contributed by atoms with Crippen LogP contribution in [-0.2, 0) is 10.0 Å². The lowest BCUT2D eigenvalue weighted by atomic mass is 10.1. The van der Waals surface area contributed by atoms with Crippen molar-refractivity contribution in [2.24, 2.45) is 0 Å². The molecular formula is C21H20N2O4S. The van der Waals surface area contributed by atoms with E-state index in [-0.39, 0.29) is 27.6 Å². The second kappa shape index (κ2) is 7.74. The number of carbonyl (C=O) groups is 1. The third-order valence-electron chi connectivity index (χ3n) is 4.11. The molecule has 0 aromatic heterocycles. The molecule has 0 heterocycles. The summed E-state index contributed by atoms with van der Waals surface area (Å²) in [5.41, 5.74) is 2.62. The lowest BCUT2D eigenvalue weighted by molar-refractivity contribution is 0.102. The monoisotopic (exact) mass is 396 g/mol. The molecule has 3 rings (SSSR count). The van der Waals surface area contributed by atoms with Crippen LogP contribution in [0.3, 0.4) is 0 Å². The van der Waals surface area contributed by atoms with E-state index in [1.54, 1.807) is 48.5 Å². The highest BCUT2D eigenvalue weighted by atomic mass is 32.2. The maximum atomic E-state index is 12.5. The van der Waals surface area contributed by atoms with Crippen molar-refractivity contribution >= 4 is 27.3 Å². The summed E-state index contributed by atoms with van der Waals surface area (Å²) in [6.07, 6.45) is 0. The summed E-state index contributed by atoms with van der Waals surface area (Å²) >= 11 is 0. The number of sulfonamides is 1. The van der Waals surface area contributed by atoms with Gasteiger partial charge in [0.15, 0.2) is 0 Å². The standard InChI is InChI=1S/C21H20N2O4S/c1-14-6-9-18(10-7-14)28(26,27)23-17-5-3-4-16(13-17)21(25)22-19-11-8-15(2)12-20(19)24/h3-13,23-24H,1-2H3,(H,22,25). The molecule has 0 atom stereocenters. The number of nitrogens with one attached hydrogen (secondary N) is 2. The van der Waals surface area contributed by atoms with E-state index in [1.165, 1.54) is 18.2 Å². The molecule has 7 heteroatoms. The summed E-state index contributed by atoms with van der Waals surface area (Å²) < 4.78 is 27.5. The molecule has 0 radical (unpaired) electrons. The second-order valence-corrected chi connectivity index (χ2v) is 8.16. The average Bonchev–Trinajstić information content (AvgIpc) is 2.64. The Balaban J connectivity index is 1.79. The summed E-state index contributed by atoms with van der Waals surface area (Å²) in [6.45, 7) is 3.70. The summed E-state index contributed by atoms with van der Waals surface area (Å²) in [4.78, 5) is 12.6. The first-order chi connectivity index (χ1) is 13.2. The summed E-state index contributed by atoms with van der Waals surface area (Å²) in [5.74, 6) is -0.500. The third kappa shape index (κ3) is 4.50. The lowest BCUT2D eigenvalue weighted by Gasteiger charge is -2.11. The highest BCUT2D eigenvalue weighted by molar-refractivity contribution is 7.92. The van der Waals surface area contributed by atoms with Gasteiger partial charge in [-0.25, -0.2) is 8.42 Å². The molecule has 3 aromatic carbocycles. The third-order valence-corrected chi connectivity index (χ3v) is 5.51. The van der Waals surface area contributed by atoms with Gasteiger partial charge < -0.3 is 10.4 Å². The average molecular weight is 396 g/mol. The van der Waals surface area contributed by atoms with Crippen LogP contribution in [0.4, 0.5) is 11.4 Å². The number of amides is 1. The van der Waals surface area contributed by atoms with Crippen LogP contribution < -0.4 is 10.0 Å². The van der Waals surface area contributed by atoms with Crippen molar-refractivity contribution in [2.45, 2.75) is 18.7 Å². The van der Waals surface area contributed by atoms with Gasteiger partial charge in [-0.1, -0.05) is 29.8 Å².